The molecule has 0 aromatic rings. The highest BCUT2D eigenvalue weighted by Gasteiger charge is 2.40. The number of halogens is 1. The Labute approximate surface area is 137 Å². The summed E-state index contributed by atoms with van der Waals surface area (Å²) in [5.41, 5.74) is 5.17. The van der Waals surface area contributed by atoms with Gasteiger partial charge < -0.3 is 21.1 Å². The number of carbonyl (C=O) groups is 3. The van der Waals surface area contributed by atoms with Gasteiger partial charge in [-0.05, 0) is 25.2 Å². The first-order chi connectivity index (χ1) is 9.79. The van der Waals surface area contributed by atoms with Crippen molar-refractivity contribution in [2.24, 2.45) is 11.7 Å². The van der Waals surface area contributed by atoms with Crippen molar-refractivity contribution in [1.82, 2.24) is 10.6 Å². The maximum Gasteiger partial charge on any atom is 0.307 e. The van der Waals surface area contributed by atoms with Crippen molar-refractivity contribution in [2.45, 2.75) is 51.1 Å². The maximum atomic E-state index is 11.9. The summed E-state index contributed by atoms with van der Waals surface area (Å²) >= 11 is 0. The lowest BCUT2D eigenvalue weighted by Gasteiger charge is -2.41. The van der Waals surface area contributed by atoms with Crippen LogP contribution in [0, 0.1) is 5.92 Å². The van der Waals surface area contributed by atoms with E-state index in [1.165, 1.54) is 7.11 Å². The van der Waals surface area contributed by atoms with Crippen LogP contribution in [-0.2, 0) is 19.1 Å². The number of hydrogen-bond donors (Lipinski definition) is 3. The second kappa shape index (κ2) is 8.95. The monoisotopic (exact) mass is 335 g/mol. The molecule has 1 atom stereocenters. The summed E-state index contributed by atoms with van der Waals surface area (Å²) < 4.78 is 4.64. The predicted octanol–water partition coefficient (Wildman–Crippen LogP) is 0.110. The molecule has 128 valence electrons. The van der Waals surface area contributed by atoms with Gasteiger partial charge in [-0.15, -0.1) is 12.4 Å². The van der Waals surface area contributed by atoms with Gasteiger partial charge in [-0.1, -0.05) is 13.8 Å². The normalized spacial score (nSPS) is 16.8. The molecule has 2 amide bonds. The van der Waals surface area contributed by atoms with Crippen LogP contribution in [0.4, 0.5) is 0 Å². The van der Waals surface area contributed by atoms with Crippen LogP contribution in [0.3, 0.4) is 0 Å². The summed E-state index contributed by atoms with van der Waals surface area (Å²) in [5.74, 6) is -1.01. The average molecular weight is 336 g/mol. The number of methoxy groups -OCH3 is 1. The zero-order chi connectivity index (χ0) is 16.0. The second-order valence-corrected chi connectivity index (χ2v) is 5.92. The van der Waals surface area contributed by atoms with Gasteiger partial charge in [0.15, 0.2) is 0 Å². The molecule has 0 heterocycles. The molecule has 1 rings (SSSR count). The molecular weight excluding hydrogens is 310 g/mol. The Balaban J connectivity index is 0.00000441. The van der Waals surface area contributed by atoms with E-state index in [1.54, 1.807) is 0 Å². The van der Waals surface area contributed by atoms with Crippen LogP contribution in [0.15, 0.2) is 0 Å². The Bertz CT molecular complexity index is 411. The van der Waals surface area contributed by atoms with Gasteiger partial charge in [0.2, 0.25) is 11.8 Å². The minimum Gasteiger partial charge on any atom is -0.469 e. The minimum atomic E-state index is -0.634. The van der Waals surface area contributed by atoms with Crippen molar-refractivity contribution in [2.75, 3.05) is 13.7 Å². The van der Waals surface area contributed by atoms with Crippen molar-refractivity contribution >= 4 is 30.2 Å². The highest BCUT2D eigenvalue weighted by molar-refractivity contribution is 5.88. The van der Waals surface area contributed by atoms with E-state index in [2.05, 4.69) is 15.4 Å². The van der Waals surface area contributed by atoms with Crippen LogP contribution in [0.1, 0.15) is 39.5 Å². The van der Waals surface area contributed by atoms with Gasteiger partial charge in [-0.3, -0.25) is 14.4 Å². The number of ether oxygens (including phenoxy) is 1. The lowest BCUT2D eigenvalue weighted by atomic mass is 9.74. The zero-order valence-electron chi connectivity index (χ0n) is 13.3. The van der Waals surface area contributed by atoms with Crippen LogP contribution in [0.25, 0.3) is 0 Å². The topological polar surface area (TPSA) is 111 Å². The van der Waals surface area contributed by atoms with Crippen LogP contribution < -0.4 is 16.4 Å². The van der Waals surface area contributed by atoms with Gasteiger partial charge in [0.1, 0.15) is 0 Å². The van der Waals surface area contributed by atoms with E-state index < -0.39 is 11.6 Å². The van der Waals surface area contributed by atoms with Crippen LogP contribution >= 0.6 is 12.4 Å². The van der Waals surface area contributed by atoms with Crippen molar-refractivity contribution in [3.8, 4) is 0 Å². The summed E-state index contributed by atoms with van der Waals surface area (Å²) in [5, 5.41) is 5.33. The van der Waals surface area contributed by atoms with Crippen molar-refractivity contribution < 1.29 is 19.1 Å². The lowest BCUT2D eigenvalue weighted by molar-refractivity contribution is -0.144. The van der Waals surface area contributed by atoms with Gasteiger partial charge in [-0.2, -0.15) is 0 Å². The van der Waals surface area contributed by atoms with E-state index in [0.29, 0.717) is 0 Å². The third-order valence-electron chi connectivity index (χ3n) is 3.87. The van der Waals surface area contributed by atoms with E-state index in [0.717, 1.165) is 19.3 Å². The molecule has 4 N–H and O–H groups in total. The molecule has 0 radical (unpaired) electrons. The molecule has 0 aliphatic heterocycles. The van der Waals surface area contributed by atoms with E-state index in [1.807, 2.05) is 13.8 Å². The quantitative estimate of drug-likeness (QED) is 0.572. The fourth-order valence-electron chi connectivity index (χ4n) is 2.23. The molecule has 0 spiro atoms. The number of rotatable bonds is 7. The molecule has 1 aliphatic rings. The molecule has 1 saturated carbocycles. The summed E-state index contributed by atoms with van der Waals surface area (Å²) in [6, 6.07) is -0.634. The van der Waals surface area contributed by atoms with Gasteiger partial charge in [0.05, 0.1) is 31.7 Å². The summed E-state index contributed by atoms with van der Waals surface area (Å²) in [6.07, 6.45) is 2.61. The number of hydrogen-bond acceptors (Lipinski definition) is 5. The molecule has 8 heteroatoms. The van der Waals surface area contributed by atoms with E-state index in [9.17, 15) is 14.4 Å². The van der Waals surface area contributed by atoms with E-state index >= 15 is 0 Å². The first-order valence-electron chi connectivity index (χ1n) is 7.21. The molecular formula is C14H26ClN3O4. The predicted molar refractivity (Wildman–Crippen MR) is 84.4 cm³/mol. The molecule has 1 aliphatic carbocycles. The fourth-order valence-corrected chi connectivity index (χ4v) is 2.23. The summed E-state index contributed by atoms with van der Waals surface area (Å²) in [6.45, 7) is 3.54. The SMILES string of the molecule is COC(=O)CC1(NC(=O)CNC(=O)[C@@H](N)C(C)C)CCC1.Cl. The Morgan fingerprint density at radius 1 is 1.27 bits per heavy atom. The van der Waals surface area contributed by atoms with Gasteiger partial charge in [-0.25, -0.2) is 0 Å². The standard InChI is InChI=1S/C14H25N3O4.ClH/c1-9(2)12(15)13(20)16-8-10(18)17-14(5-4-6-14)7-11(19)21-3;/h9,12H,4-8,15H2,1-3H3,(H,16,20)(H,17,18);1H/t12-;/m0./s1. The highest BCUT2D eigenvalue weighted by Crippen LogP contribution is 2.35. The van der Waals surface area contributed by atoms with E-state index in [-0.39, 0.29) is 49.1 Å². The average Bonchev–Trinajstić information content (AvgIpc) is 2.40. The molecule has 0 aromatic carbocycles. The number of nitrogens with one attached hydrogen (secondary N) is 2. The number of carbonyl (C=O) groups excluding carboxylic acids is 3. The lowest BCUT2D eigenvalue weighted by Crippen LogP contribution is -2.57. The number of amides is 2. The van der Waals surface area contributed by atoms with E-state index in [4.69, 9.17) is 5.73 Å². The van der Waals surface area contributed by atoms with Gasteiger partial charge in [0.25, 0.3) is 0 Å². The highest BCUT2D eigenvalue weighted by atomic mass is 35.5. The van der Waals surface area contributed by atoms with Gasteiger partial charge >= 0.3 is 5.97 Å². The largest absolute Gasteiger partial charge is 0.469 e. The zero-order valence-corrected chi connectivity index (χ0v) is 14.1. The minimum absolute atomic E-state index is 0. The second-order valence-electron chi connectivity index (χ2n) is 5.92. The van der Waals surface area contributed by atoms with Crippen LogP contribution in [0.5, 0.6) is 0 Å². The Kier molecular flexibility index (Phi) is 8.40. The first-order valence-corrected chi connectivity index (χ1v) is 7.21. The number of esters is 1. The Morgan fingerprint density at radius 3 is 2.27 bits per heavy atom. The molecule has 1 fully saturated rings. The van der Waals surface area contributed by atoms with Crippen molar-refractivity contribution in [1.29, 1.82) is 0 Å². The molecule has 0 unspecified atom stereocenters. The molecule has 22 heavy (non-hydrogen) atoms. The molecule has 0 aromatic heterocycles. The summed E-state index contributed by atoms with van der Waals surface area (Å²) in [4.78, 5) is 34.9. The first kappa shape index (κ1) is 20.7. The van der Waals surface area contributed by atoms with Gasteiger partial charge in [0, 0.05) is 0 Å². The third kappa shape index (κ3) is 5.81. The molecule has 0 saturated heterocycles. The smallest absolute Gasteiger partial charge is 0.307 e. The van der Waals surface area contributed by atoms with Crippen LogP contribution in [0.2, 0.25) is 0 Å². The maximum absolute atomic E-state index is 11.9. The molecule has 0 bridgehead atoms. The molecule has 7 nitrogen and oxygen atoms in total. The fraction of sp³-hybridized carbons (Fsp3) is 0.786. The van der Waals surface area contributed by atoms with Crippen LogP contribution in [-0.4, -0.2) is 43.0 Å². The Hall–Kier alpha value is -1.34. The summed E-state index contributed by atoms with van der Waals surface area (Å²) in [7, 11) is 1.32. The van der Waals surface area contributed by atoms with Crippen molar-refractivity contribution in [3.05, 3.63) is 0 Å². The van der Waals surface area contributed by atoms with Crippen molar-refractivity contribution in [3.63, 3.8) is 0 Å². The Morgan fingerprint density at radius 2 is 1.86 bits per heavy atom. The third-order valence-corrected chi connectivity index (χ3v) is 3.87. The number of nitrogens with two attached hydrogens (primary N) is 1.